The van der Waals surface area contributed by atoms with E-state index in [-0.39, 0.29) is 11.4 Å². The van der Waals surface area contributed by atoms with Crippen LogP contribution in [-0.4, -0.2) is 42.2 Å². The number of aryl methyl sites for hydroxylation is 1. The van der Waals surface area contributed by atoms with Crippen molar-refractivity contribution < 1.29 is 9.90 Å². The zero-order valence-corrected chi connectivity index (χ0v) is 18.6. The van der Waals surface area contributed by atoms with Crippen molar-refractivity contribution in [3.63, 3.8) is 0 Å². The highest BCUT2D eigenvalue weighted by Crippen LogP contribution is 2.47. The van der Waals surface area contributed by atoms with Crippen LogP contribution in [0, 0.1) is 5.92 Å². The first-order chi connectivity index (χ1) is 14.4. The summed E-state index contributed by atoms with van der Waals surface area (Å²) in [5, 5.41) is 16.2. The Balaban J connectivity index is 1.81. The van der Waals surface area contributed by atoms with E-state index in [0.29, 0.717) is 24.3 Å². The van der Waals surface area contributed by atoms with Crippen molar-refractivity contribution in [2.45, 2.75) is 51.5 Å². The molecule has 0 bridgehead atoms. The Morgan fingerprint density at radius 1 is 1.20 bits per heavy atom. The van der Waals surface area contributed by atoms with Crippen LogP contribution in [0.3, 0.4) is 0 Å². The minimum Gasteiger partial charge on any atom is -0.508 e. The fourth-order valence-electron chi connectivity index (χ4n) is 4.95. The number of para-hydroxylation sites is 1. The lowest BCUT2D eigenvalue weighted by molar-refractivity contribution is 0.0583. The third-order valence-electron chi connectivity index (χ3n) is 7.10. The van der Waals surface area contributed by atoms with Crippen LogP contribution in [0.5, 0.6) is 5.75 Å². The van der Waals surface area contributed by atoms with Crippen molar-refractivity contribution >= 4 is 11.7 Å². The van der Waals surface area contributed by atoms with Crippen molar-refractivity contribution in [1.29, 1.82) is 0 Å². The molecule has 0 radical (unpaired) electrons. The zero-order chi connectivity index (χ0) is 21.7. The van der Waals surface area contributed by atoms with Gasteiger partial charge in [-0.15, -0.1) is 0 Å². The van der Waals surface area contributed by atoms with Crippen molar-refractivity contribution in [2.75, 3.05) is 25.5 Å². The van der Waals surface area contributed by atoms with Gasteiger partial charge in [-0.25, -0.2) is 4.79 Å². The second-order valence-electron chi connectivity index (χ2n) is 8.61. The van der Waals surface area contributed by atoms with Crippen LogP contribution in [0.1, 0.15) is 44.7 Å². The molecule has 1 aliphatic rings. The van der Waals surface area contributed by atoms with E-state index in [9.17, 15) is 9.90 Å². The number of hydrogen-bond acceptors (Lipinski definition) is 3. The van der Waals surface area contributed by atoms with E-state index < -0.39 is 0 Å². The summed E-state index contributed by atoms with van der Waals surface area (Å²) < 4.78 is 0. The molecule has 2 amide bonds. The monoisotopic (exact) mass is 409 g/mol. The number of likely N-dealkylation sites (tertiary alicyclic amines) is 1. The standard InChI is InChI=1S/C25H35N3O2/c1-5-20-11-12-22(29)17-23(20)25(14-16-28(4)19(3)18(25)2)13-15-26-24(30)27-21-9-7-6-8-10-21/h6-12,17-19,29H,5,13-16H2,1-4H3,(H2,26,27,30)/t18-,19?,25?/m0/s1. The number of amides is 2. The van der Waals surface area contributed by atoms with Crippen molar-refractivity contribution in [1.82, 2.24) is 10.2 Å². The SMILES string of the molecule is CCc1ccc(O)cc1C1(CCNC(=O)Nc2ccccc2)CCN(C)C(C)[C@@H]1C. The molecule has 162 valence electrons. The lowest BCUT2D eigenvalue weighted by Gasteiger charge is -2.51. The molecule has 1 heterocycles. The highest BCUT2D eigenvalue weighted by atomic mass is 16.3. The van der Waals surface area contributed by atoms with E-state index in [2.05, 4.69) is 49.4 Å². The highest BCUT2D eigenvalue weighted by molar-refractivity contribution is 5.89. The fraction of sp³-hybridized carbons (Fsp3) is 0.480. The van der Waals surface area contributed by atoms with E-state index in [1.807, 2.05) is 36.4 Å². The first-order valence-corrected chi connectivity index (χ1v) is 11.0. The van der Waals surface area contributed by atoms with Crippen molar-refractivity contribution in [2.24, 2.45) is 5.92 Å². The average Bonchev–Trinajstić information content (AvgIpc) is 2.74. The Labute approximate surface area is 180 Å². The highest BCUT2D eigenvalue weighted by Gasteiger charge is 2.45. The number of hydrogen-bond donors (Lipinski definition) is 3. The Bertz CT molecular complexity index is 855. The smallest absolute Gasteiger partial charge is 0.319 e. The normalized spacial score (nSPS) is 24.4. The second-order valence-corrected chi connectivity index (χ2v) is 8.61. The van der Waals surface area contributed by atoms with Crippen LogP contribution in [-0.2, 0) is 11.8 Å². The van der Waals surface area contributed by atoms with E-state index in [0.717, 1.165) is 31.5 Å². The van der Waals surface area contributed by atoms with E-state index in [1.54, 1.807) is 6.07 Å². The number of piperidine rings is 1. The maximum atomic E-state index is 12.4. The first-order valence-electron chi connectivity index (χ1n) is 11.0. The molecule has 5 nitrogen and oxygen atoms in total. The summed E-state index contributed by atoms with van der Waals surface area (Å²) >= 11 is 0. The molecule has 0 saturated carbocycles. The molecule has 0 aromatic heterocycles. The number of benzene rings is 2. The lowest BCUT2D eigenvalue weighted by atomic mass is 9.61. The zero-order valence-electron chi connectivity index (χ0n) is 18.6. The number of carbonyl (C=O) groups is 1. The molecule has 1 aliphatic heterocycles. The van der Waals surface area contributed by atoms with Crippen LogP contribution in [0.15, 0.2) is 48.5 Å². The van der Waals surface area contributed by atoms with Crippen LogP contribution < -0.4 is 10.6 Å². The summed E-state index contributed by atoms with van der Waals surface area (Å²) in [6.45, 7) is 8.34. The maximum Gasteiger partial charge on any atom is 0.319 e. The first kappa shape index (κ1) is 22.2. The number of urea groups is 1. The van der Waals surface area contributed by atoms with Gasteiger partial charge in [-0.1, -0.05) is 38.1 Å². The number of anilines is 1. The fourth-order valence-corrected chi connectivity index (χ4v) is 4.95. The third kappa shape index (κ3) is 4.62. The van der Waals surface area contributed by atoms with Gasteiger partial charge in [-0.2, -0.15) is 0 Å². The predicted molar refractivity (Wildman–Crippen MR) is 123 cm³/mol. The molecule has 0 aliphatic carbocycles. The van der Waals surface area contributed by atoms with Crippen LogP contribution in [0.2, 0.25) is 0 Å². The minimum atomic E-state index is -0.184. The van der Waals surface area contributed by atoms with Crippen LogP contribution in [0.4, 0.5) is 10.5 Å². The van der Waals surface area contributed by atoms with Gasteiger partial charge in [0.2, 0.25) is 0 Å². The van der Waals surface area contributed by atoms with Gasteiger partial charge in [-0.3, -0.25) is 0 Å². The molecule has 1 fully saturated rings. The molecule has 2 aromatic carbocycles. The van der Waals surface area contributed by atoms with E-state index in [1.165, 1.54) is 11.1 Å². The molecule has 3 N–H and O–H groups in total. The summed E-state index contributed by atoms with van der Waals surface area (Å²) in [5.41, 5.74) is 3.22. The summed E-state index contributed by atoms with van der Waals surface area (Å²) in [4.78, 5) is 14.8. The minimum absolute atomic E-state index is 0.0873. The Kier molecular flexibility index (Phi) is 7.03. The molecular formula is C25H35N3O2. The maximum absolute atomic E-state index is 12.4. The summed E-state index contributed by atoms with van der Waals surface area (Å²) in [7, 11) is 2.18. The van der Waals surface area contributed by atoms with Crippen LogP contribution in [0.25, 0.3) is 0 Å². The van der Waals surface area contributed by atoms with Gasteiger partial charge in [0, 0.05) is 23.7 Å². The van der Waals surface area contributed by atoms with Gasteiger partial charge in [-0.05, 0) is 81.1 Å². The molecule has 2 unspecified atom stereocenters. The van der Waals surface area contributed by atoms with Gasteiger partial charge in [0.1, 0.15) is 5.75 Å². The average molecular weight is 410 g/mol. The lowest BCUT2D eigenvalue weighted by Crippen LogP contribution is -2.54. The molecule has 3 atom stereocenters. The second kappa shape index (κ2) is 9.52. The van der Waals surface area contributed by atoms with E-state index in [4.69, 9.17) is 0 Å². The van der Waals surface area contributed by atoms with Crippen LogP contribution >= 0.6 is 0 Å². The predicted octanol–water partition coefficient (Wildman–Crippen LogP) is 4.76. The van der Waals surface area contributed by atoms with Gasteiger partial charge in [0.05, 0.1) is 0 Å². The van der Waals surface area contributed by atoms with E-state index >= 15 is 0 Å². The van der Waals surface area contributed by atoms with Crippen molar-refractivity contribution in [3.8, 4) is 5.75 Å². The van der Waals surface area contributed by atoms with Gasteiger partial charge in [0.15, 0.2) is 0 Å². The molecular weight excluding hydrogens is 374 g/mol. The molecule has 0 spiro atoms. The number of aromatic hydroxyl groups is 1. The summed E-state index contributed by atoms with van der Waals surface area (Å²) in [6.07, 6.45) is 2.77. The number of phenols is 1. The quantitative estimate of drug-likeness (QED) is 0.644. The van der Waals surface area contributed by atoms with Crippen molar-refractivity contribution in [3.05, 3.63) is 59.7 Å². The van der Waals surface area contributed by atoms with Gasteiger partial charge in [0.25, 0.3) is 0 Å². The Morgan fingerprint density at radius 2 is 1.93 bits per heavy atom. The summed E-state index contributed by atoms with van der Waals surface area (Å²) in [6, 6.07) is 15.5. The molecule has 30 heavy (non-hydrogen) atoms. The van der Waals surface area contributed by atoms with Gasteiger partial charge >= 0.3 is 6.03 Å². The number of rotatable bonds is 6. The summed E-state index contributed by atoms with van der Waals surface area (Å²) in [5.74, 6) is 0.706. The molecule has 1 saturated heterocycles. The number of nitrogens with zero attached hydrogens (tertiary/aromatic N) is 1. The number of nitrogens with one attached hydrogen (secondary N) is 2. The Hall–Kier alpha value is -2.53. The molecule has 3 rings (SSSR count). The largest absolute Gasteiger partial charge is 0.508 e. The molecule has 5 heteroatoms. The number of carbonyl (C=O) groups excluding carboxylic acids is 1. The Morgan fingerprint density at radius 3 is 2.63 bits per heavy atom. The number of phenolic OH excluding ortho intramolecular Hbond substituents is 1. The third-order valence-corrected chi connectivity index (χ3v) is 7.10. The molecule has 2 aromatic rings. The van der Waals surface area contributed by atoms with Gasteiger partial charge < -0.3 is 20.6 Å². The topological polar surface area (TPSA) is 64.6 Å².